The van der Waals surface area contributed by atoms with Crippen molar-refractivity contribution >= 4 is 23.1 Å². The fourth-order valence-electron chi connectivity index (χ4n) is 2.39. The van der Waals surface area contributed by atoms with Crippen molar-refractivity contribution in [3.8, 4) is 0 Å². The summed E-state index contributed by atoms with van der Waals surface area (Å²) in [4.78, 5) is 2.07. The van der Waals surface area contributed by atoms with Gasteiger partial charge < -0.3 is 15.7 Å². The molecule has 4 nitrogen and oxygen atoms in total. The van der Waals surface area contributed by atoms with Gasteiger partial charge in [-0.3, -0.25) is 5.41 Å². The molecule has 0 saturated heterocycles. The quantitative estimate of drug-likeness (QED) is 0.576. The highest BCUT2D eigenvalue weighted by Gasteiger charge is 2.28. The summed E-state index contributed by atoms with van der Waals surface area (Å²) in [7, 11) is 1.97. The summed E-state index contributed by atoms with van der Waals surface area (Å²) >= 11 is 5.93. The SMILES string of the molecule is CN(CC1CC(O)C1)c1ccc(Cl)cc1C(=N)N. The number of rotatable bonds is 4. The number of aliphatic hydroxyl groups is 1. The van der Waals surface area contributed by atoms with Gasteiger partial charge >= 0.3 is 0 Å². The number of nitrogen functional groups attached to an aromatic ring is 1. The van der Waals surface area contributed by atoms with Gasteiger partial charge in [0.2, 0.25) is 0 Å². The highest BCUT2D eigenvalue weighted by molar-refractivity contribution is 6.31. The van der Waals surface area contributed by atoms with E-state index < -0.39 is 0 Å². The number of hydrogen-bond donors (Lipinski definition) is 3. The molecule has 4 N–H and O–H groups in total. The van der Waals surface area contributed by atoms with Gasteiger partial charge in [-0.25, -0.2) is 0 Å². The molecule has 0 amide bonds. The van der Waals surface area contributed by atoms with Crippen molar-refractivity contribution in [3.63, 3.8) is 0 Å². The highest BCUT2D eigenvalue weighted by Crippen LogP contribution is 2.30. The minimum Gasteiger partial charge on any atom is -0.393 e. The Kier molecular flexibility index (Phi) is 3.78. The molecular formula is C13H18ClN3O. The fraction of sp³-hybridized carbons (Fsp3) is 0.462. The molecule has 1 aromatic rings. The first-order valence-corrected chi connectivity index (χ1v) is 6.38. The molecule has 1 aliphatic carbocycles. The average Bonchev–Trinajstić information content (AvgIpc) is 2.26. The van der Waals surface area contributed by atoms with Gasteiger partial charge in [0.1, 0.15) is 5.84 Å². The second-order valence-corrected chi connectivity index (χ2v) is 5.38. The molecule has 18 heavy (non-hydrogen) atoms. The maximum Gasteiger partial charge on any atom is 0.124 e. The van der Waals surface area contributed by atoms with Crippen molar-refractivity contribution in [3.05, 3.63) is 28.8 Å². The van der Waals surface area contributed by atoms with Gasteiger partial charge in [0, 0.05) is 29.9 Å². The van der Waals surface area contributed by atoms with E-state index in [4.69, 9.17) is 22.7 Å². The number of hydrogen-bond acceptors (Lipinski definition) is 3. The number of amidine groups is 1. The van der Waals surface area contributed by atoms with Crippen LogP contribution >= 0.6 is 11.6 Å². The van der Waals surface area contributed by atoms with Crippen LogP contribution in [0, 0.1) is 11.3 Å². The molecule has 0 atom stereocenters. The lowest BCUT2D eigenvalue weighted by atomic mass is 9.82. The van der Waals surface area contributed by atoms with Crippen LogP contribution in [-0.2, 0) is 0 Å². The molecule has 98 valence electrons. The Hall–Kier alpha value is -1.26. The number of aliphatic hydroxyl groups excluding tert-OH is 1. The van der Waals surface area contributed by atoms with Crippen molar-refractivity contribution < 1.29 is 5.11 Å². The van der Waals surface area contributed by atoms with Crippen LogP contribution < -0.4 is 10.6 Å². The number of nitrogens with two attached hydrogens (primary N) is 1. The topological polar surface area (TPSA) is 73.3 Å². The van der Waals surface area contributed by atoms with Crippen LogP contribution in [0.5, 0.6) is 0 Å². The van der Waals surface area contributed by atoms with E-state index in [1.54, 1.807) is 12.1 Å². The third-order valence-electron chi connectivity index (χ3n) is 3.40. The van der Waals surface area contributed by atoms with Crippen LogP contribution in [-0.4, -0.2) is 30.6 Å². The molecule has 0 aromatic heterocycles. The lowest BCUT2D eigenvalue weighted by Crippen LogP contribution is -2.37. The Balaban J connectivity index is 2.13. The largest absolute Gasteiger partial charge is 0.393 e. The van der Waals surface area contributed by atoms with Crippen LogP contribution in [0.4, 0.5) is 5.69 Å². The van der Waals surface area contributed by atoms with E-state index >= 15 is 0 Å². The zero-order valence-corrected chi connectivity index (χ0v) is 11.1. The monoisotopic (exact) mass is 267 g/mol. The van der Waals surface area contributed by atoms with Crippen molar-refractivity contribution in [1.29, 1.82) is 5.41 Å². The average molecular weight is 268 g/mol. The second kappa shape index (κ2) is 5.16. The van der Waals surface area contributed by atoms with E-state index in [1.165, 1.54) is 0 Å². The van der Waals surface area contributed by atoms with Crippen molar-refractivity contribution in [2.75, 3.05) is 18.5 Å². The summed E-state index contributed by atoms with van der Waals surface area (Å²) in [5.41, 5.74) is 7.15. The number of nitrogens with zero attached hydrogens (tertiary/aromatic N) is 1. The first-order valence-electron chi connectivity index (χ1n) is 6.00. The molecule has 0 radical (unpaired) electrons. The van der Waals surface area contributed by atoms with Gasteiger partial charge in [0.05, 0.1) is 6.10 Å². The normalized spacial score (nSPS) is 22.4. The molecule has 1 aromatic carbocycles. The third-order valence-corrected chi connectivity index (χ3v) is 3.64. The summed E-state index contributed by atoms with van der Waals surface area (Å²) in [6.45, 7) is 0.860. The van der Waals surface area contributed by atoms with Crippen LogP contribution in [0.3, 0.4) is 0 Å². The van der Waals surface area contributed by atoms with Gasteiger partial charge in [0.25, 0.3) is 0 Å². The van der Waals surface area contributed by atoms with Crippen molar-refractivity contribution in [2.45, 2.75) is 18.9 Å². The van der Waals surface area contributed by atoms with Crippen LogP contribution in [0.2, 0.25) is 5.02 Å². The van der Waals surface area contributed by atoms with Crippen molar-refractivity contribution in [2.24, 2.45) is 11.7 Å². The highest BCUT2D eigenvalue weighted by atomic mass is 35.5. The van der Waals surface area contributed by atoms with E-state index in [1.807, 2.05) is 13.1 Å². The summed E-state index contributed by atoms with van der Waals surface area (Å²) in [6.07, 6.45) is 1.57. The maximum atomic E-state index is 9.29. The van der Waals surface area contributed by atoms with E-state index in [0.717, 1.165) is 25.1 Å². The zero-order valence-electron chi connectivity index (χ0n) is 10.4. The molecule has 0 unspecified atom stereocenters. The molecular weight excluding hydrogens is 250 g/mol. The predicted molar refractivity (Wildman–Crippen MR) is 74.5 cm³/mol. The van der Waals surface area contributed by atoms with E-state index in [-0.39, 0.29) is 11.9 Å². The van der Waals surface area contributed by atoms with Crippen LogP contribution in [0.25, 0.3) is 0 Å². The number of anilines is 1. The van der Waals surface area contributed by atoms with Gasteiger partial charge in [-0.1, -0.05) is 11.6 Å². The molecule has 1 saturated carbocycles. The molecule has 0 bridgehead atoms. The summed E-state index contributed by atoms with van der Waals surface area (Å²) in [5.74, 6) is 0.536. The summed E-state index contributed by atoms with van der Waals surface area (Å²) in [5, 5.41) is 17.5. The Labute approximate surface area is 112 Å². The minimum atomic E-state index is -0.138. The lowest BCUT2D eigenvalue weighted by Gasteiger charge is -2.35. The lowest BCUT2D eigenvalue weighted by molar-refractivity contribution is 0.0465. The van der Waals surface area contributed by atoms with Crippen LogP contribution in [0.15, 0.2) is 18.2 Å². The smallest absolute Gasteiger partial charge is 0.124 e. The molecule has 1 aliphatic rings. The second-order valence-electron chi connectivity index (χ2n) is 4.95. The van der Waals surface area contributed by atoms with Gasteiger partial charge in [-0.2, -0.15) is 0 Å². The Morgan fingerprint density at radius 3 is 2.78 bits per heavy atom. The fourth-order valence-corrected chi connectivity index (χ4v) is 2.56. The molecule has 5 heteroatoms. The number of benzene rings is 1. The van der Waals surface area contributed by atoms with E-state index in [2.05, 4.69) is 4.90 Å². The van der Waals surface area contributed by atoms with Gasteiger partial charge in [-0.05, 0) is 37.0 Å². The molecule has 0 spiro atoms. The first-order chi connectivity index (χ1) is 8.47. The number of halogens is 1. The summed E-state index contributed by atoms with van der Waals surface area (Å²) in [6, 6.07) is 5.40. The Bertz CT molecular complexity index is 458. The first kappa shape index (κ1) is 13.2. The van der Waals surface area contributed by atoms with E-state index in [0.29, 0.717) is 16.5 Å². The third kappa shape index (κ3) is 2.76. The van der Waals surface area contributed by atoms with Gasteiger partial charge in [0.15, 0.2) is 0 Å². The predicted octanol–water partition coefficient (Wildman–Crippen LogP) is 1.83. The van der Waals surface area contributed by atoms with Crippen molar-refractivity contribution in [1.82, 2.24) is 0 Å². The molecule has 2 rings (SSSR count). The van der Waals surface area contributed by atoms with Gasteiger partial charge in [-0.15, -0.1) is 0 Å². The standard InChI is InChI=1S/C13H18ClN3O/c1-17(7-8-4-10(18)5-8)12-3-2-9(14)6-11(12)13(15)16/h2-3,6,8,10,18H,4-5,7H2,1H3,(H3,15,16). The number of nitrogens with one attached hydrogen (secondary N) is 1. The molecule has 0 heterocycles. The summed E-state index contributed by atoms with van der Waals surface area (Å²) < 4.78 is 0. The van der Waals surface area contributed by atoms with E-state index in [9.17, 15) is 5.11 Å². The Morgan fingerprint density at radius 1 is 1.56 bits per heavy atom. The maximum absolute atomic E-state index is 9.29. The van der Waals surface area contributed by atoms with Crippen LogP contribution in [0.1, 0.15) is 18.4 Å². The molecule has 0 aliphatic heterocycles. The molecule has 1 fully saturated rings. The minimum absolute atomic E-state index is 0.0213. The zero-order chi connectivity index (χ0) is 13.3. The Morgan fingerprint density at radius 2 is 2.22 bits per heavy atom.